The summed E-state index contributed by atoms with van der Waals surface area (Å²) < 4.78 is 6.53. The smallest absolute Gasteiger partial charge is 0.264 e. The van der Waals surface area contributed by atoms with Gasteiger partial charge in [0.15, 0.2) is 6.61 Å². The number of carbonyl (C=O) groups excluding carboxylic acids is 1. The maximum Gasteiger partial charge on any atom is 0.264 e. The Balaban J connectivity index is 1.59. The van der Waals surface area contributed by atoms with Gasteiger partial charge >= 0.3 is 0 Å². The zero-order valence-corrected chi connectivity index (χ0v) is 13.1. The van der Waals surface area contributed by atoms with Gasteiger partial charge in [0.2, 0.25) is 5.95 Å². The van der Waals surface area contributed by atoms with Crippen LogP contribution in [0, 0.1) is 3.57 Å². The number of nitrogens with zero attached hydrogens (tertiary/aromatic N) is 1. The summed E-state index contributed by atoms with van der Waals surface area (Å²) in [7, 11) is 0. The Labute approximate surface area is 134 Å². The summed E-state index contributed by atoms with van der Waals surface area (Å²) in [5.74, 6) is 0.829. The number of imidazole rings is 1. The minimum atomic E-state index is -0.257. The quantitative estimate of drug-likeness (QED) is 0.670. The highest BCUT2D eigenvalue weighted by atomic mass is 127. The fourth-order valence-corrected chi connectivity index (χ4v) is 2.22. The van der Waals surface area contributed by atoms with E-state index in [0.717, 1.165) is 14.6 Å². The van der Waals surface area contributed by atoms with Crippen LogP contribution in [0.2, 0.25) is 0 Å². The summed E-state index contributed by atoms with van der Waals surface area (Å²) in [6, 6.07) is 15.1. The zero-order chi connectivity index (χ0) is 14.7. The minimum Gasteiger partial charge on any atom is -0.484 e. The van der Waals surface area contributed by atoms with E-state index in [1.165, 1.54) is 0 Å². The normalized spacial score (nSPS) is 10.5. The van der Waals surface area contributed by atoms with Gasteiger partial charge in [-0.05, 0) is 59.0 Å². The number of nitrogens with one attached hydrogen (secondary N) is 2. The van der Waals surface area contributed by atoms with Crippen molar-refractivity contribution in [2.75, 3.05) is 11.9 Å². The van der Waals surface area contributed by atoms with Gasteiger partial charge < -0.3 is 9.72 Å². The van der Waals surface area contributed by atoms with Gasteiger partial charge in [-0.25, -0.2) is 4.98 Å². The van der Waals surface area contributed by atoms with Gasteiger partial charge in [0.25, 0.3) is 5.91 Å². The van der Waals surface area contributed by atoms with Crippen molar-refractivity contribution >= 4 is 45.5 Å². The number of rotatable bonds is 4. The van der Waals surface area contributed by atoms with Crippen LogP contribution in [0.1, 0.15) is 0 Å². The van der Waals surface area contributed by atoms with E-state index in [9.17, 15) is 4.79 Å². The molecule has 0 fully saturated rings. The van der Waals surface area contributed by atoms with Crippen molar-refractivity contribution in [1.29, 1.82) is 0 Å². The van der Waals surface area contributed by atoms with Crippen molar-refractivity contribution in [1.82, 2.24) is 9.97 Å². The highest BCUT2D eigenvalue weighted by Crippen LogP contribution is 2.14. The summed E-state index contributed by atoms with van der Waals surface area (Å²) in [6.45, 7) is -0.0579. The first-order chi connectivity index (χ1) is 10.2. The van der Waals surface area contributed by atoms with Crippen LogP contribution in [0.4, 0.5) is 5.95 Å². The number of benzene rings is 2. The number of aromatic amines is 1. The van der Waals surface area contributed by atoms with Gasteiger partial charge in [0, 0.05) is 3.57 Å². The average molecular weight is 393 g/mol. The Kier molecular flexibility index (Phi) is 4.05. The molecular weight excluding hydrogens is 381 g/mol. The number of amides is 1. The van der Waals surface area contributed by atoms with Crippen LogP contribution >= 0.6 is 22.6 Å². The number of fused-ring (bicyclic) bond motifs is 1. The van der Waals surface area contributed by atoms with Gasteiger partial charge in [0.1, 0.15) is 5.75 Å². The summed E-state index contributed by atoms with van der Waals surface area (Å²) in [5, 5.41) is 2.68. The van der Waals surface area contributed by atoms with Gasteiger partial charge in [0.05, 0.1) is 11.0 Å². The van der Waals surface area contributed by atoms with E-state index in [2.05, 4.69) is 37.9 Å². The number of ether oxygens (including phenoxy) is 1. The van der Waals surface area contributed by atoms with Gasteiger partial charge in [-0.15, -0.1) is 0 Å². The predicted molar refractivity (Wildman–Crippen MR) is 89.4 cm³/mol. The Bertz CT molecular complexity index is 735. The predicted octanol–water partition coefficient (Wildman–Crippen LogP) is 3.19. The first kappa shape index (κ1) is 13.9. The third-order valence-corrected chi connectivity index (χ3v) is 3.55. The van der Waals surface area contributed by atoms with Gasteiger partial charge in [-0.2, -0.15) is 0 Å². The fraction of sp³-hybridized carbons (Fsp3) is 0.0667. The minimum absolute atomic E-state index is 0.0579. The second-order valence-electron chi connectivity index (χ2n) is 4.39. The molecule has 0 bridgehead atoms. The van der Waals surface area contributed by atoms with Crippen molar-refractivity contribution in [3.63, 3.8) is 0 Å². The molecule has 0 atom stereocenters. The molecule has 1 aromatic heterocycles. The summed E-state index contributed by atoms with van der Waals surface area (Å²) in [6.07, 6.45) is 0. The van der Waals surface area contributed by atoms with Crippen molar-refractivity contribution in [3.05, 3.63) is 52.1 Å². The van der Waals surface area contributed by atoms with Gasteiger partial charge in [-0.1, -0.05) is 12.1 Å². The van der Waals surface area contributed by atoms with E-state index in [-0.39, 0.29) is 12.5 Å². The molecule has 0 saturated heterocycles. The van der Waals surface area contributed by atoms with E-state index in [1.54, 1.807) is 0 Å². The number of aromatic nitrogens is 2. The third-order valence-electron chi connectivity index (χ3n) is 2.83. The van der Waals surface area contributed by atoms with Crippen LogP contribution in [0.3, 0.4) is 0 Å². The summed E-state index contributed by atoms with van der Waals surface area (Å²) in [4.78, 5) is 19.1. The van der Waals surface area contributed by atoms with Crippen LogP contribution in [0.5, 0.6) is 5.75 Å². The van der Waals surface area contributed by atoms with Gasteiger partial charge in [-0.3, -0.25) is 10.1 Å². The van der Waals surface area contributed by atoms with E-state index in [4.69, 9.17) is 4.74 Å². The molecule has 106 valence electrons. The first-order valence-electron chi connectivity index (χ1n) is 6.34. The summed E-state index contributed by atoms with van der Waals surface area (Å²) >= 11 is 2.21. The Morgan fingerprint density at radius 3 is 2.71 bits per heavy atom. The molecule has 2 aromatic carbocycles. The maximum atomic E-state index is 11.8. The standard InChI is InChI=1S/C15H12IN3O2/c16-10-5-7-11(8-6-10)21-9-14(20)19-15-17-12-3-1-2-4-13(12)18-15/h1-8H,9H2,(H2,17,18,19,20). The van der Waals surface area contributed by atoms with Crippen LogP contribution in [-0.4, -0.2) is 22.5 Å². The largest absolute Gasteiger partial charge is 0.484 e. The number of carbonyl (C=O) groups is 1. The lowest BCUT2D eigenvalue weighted by Gasteiger charge is -2.05. The third kappa shape index (κ3) is 3.52. The molecule has 1 heterocycles. The number of anilines is 1. The molecule has 2 N–H and O–H groups in total. The highest BCUT2D eigenvalue weighted by molar-refractivity contribution is 14.1. The number of hydrogen-bond acceptors (Lipinski definition) is 3. The second kappa shape index (κ2) is 6.13. The van der Waals surface area contributed by atoms with Crippen molar-refractivity contribution in [3.8, 4) is 5.75 Å². The Morgan fingerprint density at radius 1 is 1.19 bits per heavy atom. The first-order valence-corrected chi connectivity index (χ1v) is 7.41. The second-order valence-corrected chi connectivity index (χ2v) is 5.64. The number of para-hydroxylation sites is 2. The molecule has 6 heteroatoms. The topological polar surface area (TPSA) is 67.0 Å². The lowest BCUT2D eigenvalue weighted by Crippen LogP contribution is -2.20. The molecule has 3 rings (SSSR count). The van der Waals surface area contributed by atoms with Crippen molar-refractivity contribution in [2.45, 2.75) is 0 Å². The molecule has 0 aliphatic heterocycles. The SMILES string of the molecule is O=C(COc1ccc(I)cc1)Nc1nc2ccccc2[nH]1. The Morgan fingerprint density at radius 2 is 1.95 bits per heavy atom. The molecule has 0 saturated carbocycles. The fourth-order valence-electron chi connectivity index (χ4n) is 1.86. The molecule has 0 spiro atoms. The van der Waals surface area contributed by atoms with Crippen molar-refractivity contribution < 1.29 is 9.53 Å². The van der Waals surface area contributed by atoms with E-state index in [0.29, 0.717) is 11.7 Å². The van der Waals surface area contributed by atoms with Crippen molar-refractivity contribution in [2.24, 2.45) is 0 Å². The number of halogens is 1. The van der Waals surface area contributed by atoms with E-state index >= 15 is 0 Å². The lowest BCUT2D eigenvalue weighted by atomic mass is 10.3. The molecule has 0 aliphatic carbocycles. The lowest BCUT2D eigenvalue weighted by molar-refractivity contribution is -0.118. The maximum absolute atomic E-state index is 11.8. The molecule has 5 nitrogen and oxygen atoms in total. The molecule has 0 radical (unpaired) electrons. The van der Waals surface area contributed by atoms with Crippen LogP contribution < -0.4 is 10.1 Å². The molecule has 21 heavy (non-hydrogen) atoms. The monoisotopic (exact) mass is 393 g/mol. The number of hydrogen-bond donors (Lipinski definition) is 2. The van der Waals surface area contributed by atoms with Crippen LogP contribution in [0.25, 0.3) is 11.0 Å². The molecule has 1 amide bonds. The molecule has 3 aromatic rings. The highest BCUT2D eigenvalue weighted by Gasteiger charge is 2.07. The van der Waals surface area contributed by atoms with E-state index in [1.807, 2.05) is 48.5 Å². The molecular formula is C15H12IN3O2. The molecule has 0 unspecified atom stereocenters. The zero-order valence-electron chi connectivity index (χ0n) is 11.0. The summed E-state index contributed by atoms with van der Waals surface area (Å²) in [5.41, 5.74) is 1.69. The number of H-pyrrole nitrogens is 1. The molecule has 0 aliphatic rings. The van der Waals surface area contributed by atoms with Crippen LogP contribution in [0.15, 0.2) is 48.5 Å². The Hall–Kier alpha value is -2.09. The van der Waals surface area contributed by atoms with Crippen LogP contribution in [-0.2, 0) is 4.79 Å². The van der Waals surface area contributed by atoms with E-state index < -0.39 is 0 Å². The average Bonchev–Trinajstić information content (AvgIpc) is 2.88.